The largest absolute Gasteiger partial charge is 0.478 e. The van der Waals surface area contributed by atoms with Crippen LogP contribution >= 0.6 is 0 Å². The number of nitrogens with one attached hydrogen (secondary N) is 1. The van der Waals surface area contributed by atoms with Crippen molar-refractivity contribution in [2.75, 3.05) is 18.7 Å². The van der Waals surface area contributed by atoms with Crippen molar-refractivity contribution in [2.24, 2.45) is 0 Å². The predicted octanol–water partition coefficient (Wildman–Crippen LogP) is 4.26. The molecule has 3 rings (SSSR count). The van der Waals surface area contributed by atoms with Crippen LogP contribution in [0.2, 0.25) is 0 Å². The number of hydrogen-bond acceptors (Lipinski definition) is 7. The Morgan fingerprint density at radius 3 is 2.45 bits per heavy atom. The number of sulfone groups is 1. The van der Waals surface area contributed by atoms with Crippen LogP contribution in [0.25, 0.3) is 0 Å². The van der Waals surface area contributed by atoms with Crippen LogP contribution in [-0.4, -0.2) is 37.7 Å². The Morgan fingerprint density at radius 2 is 1.82 bits per heavy atom. The number of halogens is 3. The van der Waals surface area contributed by atoms with Crippen molar-refractivity contribution in [2.45, 2.75) is 18.0 Å². The van der Waals surface area contributed by atoms with Crippen LogP contribution in [0.5, 0.6) is 17.5 Å². The van der Waals surface area contributed by atoms with Crippen molar-refractivity contribution in [1.29, 1.82) is 0 Å². The topological polar surface area (TPSA) is 107 Å². The van der Waals surface area contributed by atoms with Crippen molar-refractivity contribution in [3.05, 3.63) is 65.5 Å². The molecule has 0 spiro atoms. The van der Waals surface area contributed by atoms with Crippen molar-refractivity contribution in [1.82, 2.24) is 9.97 Å². The summed E-state index contributed by atoms with van der Waals surface area (Å²) in [5.41, 5.74) is -1.04. The van der Waals surface area contributed by atoms with Gasteiger partial charge in [-0.2, -0.15) is 13.2 Å². The maximum Gasteiger partial charge on any atom is 0.417 e. The molecule has 1 amide bonds. The normalized spacial score (nSPS) is 11.7. The summed E-state index contributed by atoms with van der Waals surface area (Å²) < 4.78 is 74.0. The summed E-state index contributed by atoms with van der Waals surface area (Å²) in [4.78, 5) is 20.6. The summed E-state index contributed by atoms with van der Waals surface area (Å²) in [6, 6.07) is 8.92. The highest BCUT2D eigenvalue weighted by Gasteiger charge is 2.33. The Balaban J connectivity index is 2.02. The SMILES string of the molecule is COc1nc(C)ccc1Oc1ncc(C(F)(F)F)cc1C(=O)Nc1cccc(S(C)(=O)=O)c1. The number of carbonyl (C=O) groups excluding carboxylic acids is 1. The molecule has 3 aromatic rings. The molecule has 1 aromatic carbocycles. The van der Waals surface area contributed by atoms with Crippen LogP contribution < -0.4 is 14.8 Å². The molecule has 0 aliphatic carbocycles. The Bertz CT molecular complexity index is 1310. The van der Waals surface area contributed by atoms with Gasteiger partial charge < -0.3 is 14.8 Å². The molecule has 2 aromatic heterocycles. The smallest absolute Gasteiger partial charge is 0.417 e. The number of alkyl halides is 3. The van der Waals surface area contributed by atoms with Gasteiger partial charge in [-0.15, -0.1) is 0 Å². The zero-order valence-corrected chi connectivity index (χ0v) is 18.4. The lowest BCUT2D eigenvalue weighted by atomic mass is 10.1. The van der Waals surface area contributed by atoms with Gasteiger partial charge in [-0.3, -0.25) is 4.79 Å². The van der Waals surface area contributed by atoms with E-state index in [4.69, 9.17) is 9.47 Å². The number of methoxy groups -OCH3 is 1. The molecular formula is C21H18F3N3O5S. The van der Waals surface area contributed by atoms with Crippen LogP contribution in [-0.2, 0) is 16.0 Å². The summed E-state index contributed by atoms with van der Waals surface area (Å²) in [6.45, 7) is 1.70. The first-order chi connectivity index (χ1) is 15.4. The molecule has 0 aliphatic heterocycles. The number of aryl methyl sites for hydroxylation is 1. The maximum absolute atomic E-state index is 13.3. The molecule has 174 valence electrons. The Hall–Kier alpha value is -3.67. The lowest BCUT2D eigenvalue weighted by molar-refractivity contribution is -0.137. The van der Waals surface area contributed by atoms with E-state index in [1.807, 2.05) is 0 Å². The third-order valence-electron chi connectivity index (χ3n) is 4.31. The number of nitrogens with zero attached hydrogens (tertiary/aromatic N) is 2. The molecule has 0 atom stereocenters. The van der Waals surface area contributed by atoms with E-state index in [0.29, 0.717) is 18.0 Å². The average molecular weight is 481 g/mol. The fourth-order valence-electron chi connectivity index (χ4n) is 2.70. The first-order valence-electron chi connectivity index (χ1n) is 9.26. The minimum atomic E-state index is -4.76. The van der Waals surface area contributed by atoms with Crippen molar-refractivity contribution in [3.8, 4) is 17.5 Å². The van der Waals surface area contributed by atoms with Crippen LogP contribution in [0.15, 0.2) is 53.6 Å². The van der Waals surface area contributed by atoms with E-state index in [9.17, 15) is 26.4 Å². The first-order valence-corrected chi connectivity index (χ1v) is 11.2. The summed E-state index contributed by atoms with van der Waals surface area (Å²) in [7, 11) is -2.24. The number of amides is 1. The highest BCUT2D eigenvalue weighted by Crippen LogP contribution is 2.35. The van der Waals surface area contributed by atoms with E-state index in [0.717, 1.165) is 6.26 Å². The number of benzene rings is 1. The van der Waals surface area contributed by atoms with Gasteiger partial charge in [0.15, 0.2) is 15.6 Å². The number of rotatable bonds is 6. The molecule has 0 saturated carbocycles. The van der Waals surface area contributed by atoms with E-state index in [-0.39, 0.29) is 22.2 Å². The molecule has 0 unspecified atom stereocenters. The number of carbonyl (C=O) groups is 1. The number of ether oxygens (including phenoxy) is 2. The predicted molar refractivity (Wildman–Crippen MR) is 112 cm³/mol. The standard InChI is InChI=1S/C21H18F3N3O5S/c1-12-7-8-17(20(26-12)31-2)32-19-16(9-13(11-25-19)21(22,23)24)18(28)27-14-5-4-6-15(10-14)33(3,29)30/h4-11H,1-3H3,(H,27,28). The zero-order chi connectivity index (χ0) is 24.4. The van der Waals surface area contributed by atoms with Gasteiger partial charge >= 0.3 is 6.18 Å². The van der Waals surface area contributed by atoms with Crippen molar-refractivity contribution >= 4 is 21.4 Å². The van der Waals surface area contributed by atoms with Crippen LogP contribution in [0.1, 0.15) is 21.6 Å². The van der Waals surface area contributed by atoms with Crippen LogP contribution in [0.4, 0.5) is 18.9 Å². The Labute approximate surface area is 187 Å². The van der Waals surface area contributed by atoms with Crippen LogP contribution in [0, 0.1) is 6.92 Å². The fraction of sp³-hybridized carbons (Fsp3) is 0.190. The molecule has 0 radical (unpaired) electrons. The summed E-state index contributed by atoms with van der Waals surface area (Å²) in [5.74, 6) is -1.34. The number of pyridine rings is 2. The quantitative estimate of drug-likeness (QED) is 0.561. The van der Waals surface area contributed by atoms with E-state index in [2.05, 4.69) is 15.3 Å². The minimum absolute atomic E-state index is 0.0310. The van der Waals surface area contributed by atoms with Gasteiger partial charge in [-0.05, 0) is 43.3 Å². The molecule has 2 heterocycles. The third kappa shape index (κ3) is 5.77. The summed E-state index contributed by atoms with van der Waals surface area (Å²) in [6.07, 6.45) is -3.25. The van der Waals surface area contributed by atoms with Gasteiger partial charge in [0.25, 0.3) is 11.8 Å². The molecule has 1 N–H and O–H groups in total. The monoisotopic (exact) mass is 481 g/mol. The Morgan fingerprint density at radius 1 is 1.09 bits per heavy atom. The maximum atomic E-state index is 13.3. The molecule has 33 heavy (non-hydrogen) atoms. The molecule has 8 nitrogen and oxygen atoms in total. The number of anilines is 1. The van der Waals surface area contributed by atoms with Crippen LogP contribution in [0.3, 0.4) is 0 Å². The van der Waals surface area contributed by atoms with E-state index in [1.165, 1.54) is 37.4 Å². The summed E-state index contributed by atoms with van der Waals surface area (Å²) >= 11 is 0. The average Bonchev–Trinajstić information content (AvgIpc) is 2.74. The lowest BCUT2D eigenvalue weighted by Gasteiger charge is -2.15. The number of hydrogen-bond donors (Lipinski definition) is 1. The zero-order valence-electron chi connectivity index (χ0n) is 17.6. The van der Waals surface area contributed by atoms with E-state index < -0.39 is 38.9 Å². The van der Waals surface area contributed by atoms with Gasteiger partial charge in [0.2, 0.25) is 5.88 Å². The lowest BCUT2D eigenvalue weighted by Crippen LogP contribution is -2.16. The van der Waals surface area contributed by atoms with Crippen molar-refractivity contribution < 1.29 is 35.9 Å². The van der Waals surface area contributed by atoms with Gasteiger partial charge in [-0.25, -0.2) is 18.4 Å². The molecule has 0 fully saturated rings. The third-order valence-corrected chi connectivity index (χ3v) is 5.42. The minimum Gasteiger partial charge on any atom is -0.478 e. The van der Waals surface area contributed by atoms with Gasteiger partial charge in [0.1, 0.15) is 5.56 Å². The molecule has 0 aliphatic rings. The molecular weight excluding hydrogens is 463 g/mol. The van der Waals surface area contributed by atoms with E-state index in [1.54, 1.807) is 13.0 Å². The molecule has 0 saturated heterocycles. The highest BCUT2D eigenvalue weighted by molar-refractivity contribution is 7.90. The van der Waals surface area contributed by atoms with Gasteiger partial charge in [0.05, 0.1) is 17.6 Å². The second-order valence-electron chi connectivity index (χ2n) is 6.89. The van der Waals surface area contributed by atoms with E-state index >= 15 is 0 Å². The highest BCUT2D eigenvalue weighted by atomic mass is 32.2. The number of aromatic nitrogens is 2. The Kier molecular flexibility index (Phi) is 6.58. The molecule has 12 heteroatoms. The second kappa shape index (κ2) is 9.06. The second-order valence-corrected chi connectivity index (χ2v) is 8.91. The van der Waals surface area contributed by atoms with Gasteiger partial charge in [-0.1, -0.05) is 6.07 Å². The van der Waals surface area contributed by atoms with Crippen molar-refractivity contribution in [3.63, 3.8) is 0 Å². The van der Waals surface area contributed by atoms with Gasteiger partial charge in [0, 0.05) is 23.8 Å². The first kappa shape index (κ1) is 24.0. The summed E-state index contributed by atoms with van der Waals surface area (Å²) in [5, 5.41) is 2.38. The fourth-order valence-corrected chi connectivity index (χ4v) is 3.37. The molecule has 0 bridgehead atoms.